The van der Waals surface area contributed by atoms with Gasteiger partial charge in [-0.05, 0) is 23.7 Å². The molecule has 0 radical (unpaired) electrons. The summed E-state index contributed by atoms with van der Waals surface area (Å²) in [5.74, 6) is 0. The maximum atomic E-state index is 8.98. The summed E-state index contributed by atoms with van der Waals surface area (Å²) in [6, 6.07) is 7.94. The highest BCUT2D eigenvalue weighted by molar-refractivity contribution is 7.10. The van der Waals surface area contributed by atoms with Crippen molar-refractivity contribution >= 4 is 33.8 Å². The Bertz CT molecular complexity index is 753. The van der Waals surface area contributed by atoms with Crippen LogP contribution in [0.3, 0.4) is 0 Å². The predicted molar refractivity (Wildman–Crippen MR) is 79.2 cm³/mol. The zero-order chi connectivity index (χ0) is 13.9. The molecular weight excluding hydrogens is 294 g/mol. The van der Waals surface area contributed by atoms with Gasteiger partial charge >= 0.3 is 0 Å². The quantitative estimate of drug-likeness (QED) is 0.804. The third kappa shape index (κ3) is 2.46. The molecule has 0 spiro atoms. The van der Waals surface area contributed by atoms with E-state index in [4.69, 9.17) is 16.9 Å². The molecule has 0 aliphatic rings. The molecule has 0 aliphatic heterocycles. The minimum Gasteiger partial charge on any atom is -0.374 e. The molecule has 100 valence electrons. The molecule has 3 heterocycles. The largest absolute Gasteiger partial charge is 0.374 e. The Morgan fingerprint density at radius 2 is 2.35 bits per heavy atom. The summed E-state index contributed by atoms with van der Waals surface area (Å²) in [5.41, 5.74) is 2.34. The molecule has 0 bridgehead atoms. The summed E-state index contributed by atoms with van der Waals surface area (Å²) in [6.45, 7) is 0.678. The maximum absolute atomic E-state index is 8.98. The van der Waals surface area contributed by atoms with Crippen molar-refractivity contribution in [3.63, 3.8) is 0 Å². The van der Waals surface area contributed by atoms with Gasteiger partial charge in [-0.25, -0.2) is 4.98 Å². The number of nitrogens with one attached hydrogen (secondary N) is 1. The molecule has 3 rings (SSSR count). The van der Waals surface area contributed by atoms with E-state index in [1.165, 1.54) is 11.5 Å². The van der Waals surface area contributed by atoms with Crippen molar-refractivity contribution in [1.29, 1.82) is 5.26 Å². The van der Waals surface area contributed by atoms with Crippen LogP contribution >= 0.6 is 23.1 Å². The van der Waals surface area contributed by atoms with Crippen molar-refractivity contribution in [2.75, 3.05) is 11.9 Å². The van der Waals surface area contributed by atoms with E-state index in [-0.39, 0.29) is 5.15 Å². The molecule has 0 saturated heterocycles. The van der Waals surface area contributed by atoms with E-state index in [0.29, 0.717) is 17.1 Å². The number of imidazole rings is 1. The summed E-state index contributed by atoms with van der Waals surface area (Å²) in [6.07, 6.45) is 4.74. The van der Waals surface area contributed by atoms with E-state index in [0.717, 1.165) is 17.8 Å². The van der Waals surface area contributed by atoms with E-state index in [1.807, 2.05) is 41.1 Å². The number of halogens is 1. The van der Waals surface area contributed by atoms with Gasteiger partial charge in [-0.3, -0.25) is 0 Å². The Morgan fingerprint density at radius 1 is 1.45 bits per heavy atom. The normalized spacial score (nSPS) is 10.6. The summed E-state index contributed by atoms with van der Waals surface area (Å²) >= 11 is 7.02. The lowest BCUT2D eigenvalue weighted by atomic mass is 10.3. The first-order valence-corrected chi connectivity index (χ1v) is 7.15. The minimum absolute atomic E-state index is 0.257. The van der Waals surface area contributed by atoms with E-state index in [1.54, 1.807) is 0 Å². The third-order valence-corrected chi connectivity index (χ3v) is 4.02. The molecule has 20 heavy (non-hydrogen) atoms. The van der Waals surface area contributed by atoms with Gasteiger partial charge in [0.2, 0.25) is 0 Å². The Morgan fingerprint density at radius 3 is 3.15 bits per heavy atom. The first-order valence-electron chi connectivity index (χ1n) is 5.99. The second-order valence-corrected chi connectivity index (χ2v) is 5.30. The van der Waals surface area contributed by atoms with Crippen LogP contribution in [-0.2, 0) is 6.42 Å². The van der Waals surface area contributed by atoms with Crippen LogP contribution in [0.4, 0.5) is 5.00 Å². The summed E-state index contributed by atoms with van der Waals surface area (Å²) in [4.78, 5) is 4.51. The van der Waals surface area contributed by atoms with Gasteiger partial charge in [-0.15, -0.1) is 0 Å². The molecule has 0 amide bonds. The summed E-state index contributed by atoms with van der Waals surface area (Å²) in [5, 5.41) is 13.1. The number of rotatable bonds is 4. The molecule has 3 aromatic rings. The third-order valence-electron chi connectivity index (χ3n) is 2.84. The fourth-order valence-corrected chi connectivity index (χ4v) is 2.86. The number of nitriles is 1. The standard InChI is InChI=1S/C13H10ClN5S/c14-12-10(7-15)13(20-18-12)16-5-4-9-8-19-6-2-1-3-11(19)17-9/h1-3,6,8,16H,4-5H2. The average Bonchev–Trinajstić information content (AvgIpc) is 3.02. The van der Waals surface area contributed by atoms with Crippen LogP contribution < -0.4 is 5.32 Å². The molecule has 7 heteroatoms. The number of nitrogens with zero attached hydrogens (tertiary/aromatic N) is 4. The first kappa shape index (κ1) is 12.9. The van der Waals surface area contributed by atoms with E-state index in [9.17, 15) is 0 Å². The fraction of sp³-hybridized carbons (Fsp3) is 0.154. The number of hydrogen-bond donors (Lipinski definition) is 1. The van der Waals surface area contributed by atoms with Crippen LogP contribution in [0.25, 0.3) is 5.65 Å². The van der Waals surface area contributed by atoms with Gasteiger partial charge in [-0.2, -0.15) is 9.64 Å². The topological polar surface area (TPSA) is 66.0 Å². The van der Waals surface area contributed by atoms with Crippen LogP contribution in [0.1, 0.15) is 11.3 Å². The Balaban J connectivity index is 1.66. The van der Waals surface area contributed by atoms with E-state index in [2.05, 4.69) is 14.7 Å². The smallest absolute Gasteiger partial charge is 0.162 e. The molecule has 1 N–H and O–H groups in total. The van der Waals surface area contributed by atoms with Crippen molar-refractivity contribution in [3.8, 4) is 6.07 Å². The molecule has 0 fully saturated rings. The monoisotopic (exact) mass is 303 g/mol. The van der Waals surface area contributed by atoms with Gasteiger partial charge in [0.15, 0.2) is 5.15 Å². The predicted octanol–water partition coefficient (Wildman–Crippen LogP) is 2.97. The highest BCUT2D eigenvalue weighted by Gasteiger charge is 2.11. The summed E-state index contributed by atoms with van der Waals surface area (Å²) < 4.78 is 5.94. The van der Waals surface area contributed by atoms with Crippen molar-refractivity contribution in [3.05, 3.63) is 47.0 Å². The summed E-state index contributed by atoms with van der Waals surface area (Å²) in [7, 11) is 0. The average molecular weight is 304 g/mol. The number of aromatic nitrogens is 3. The van der Waals surface area contributed by atoms with Gasteiger partial charge in [0.05, 0.1) is 5.69 Å². The Hall–Kier alpha value is -2.10. The second kappa shape index (κ2) is 5.49. The van der Waals surface area contributed by atoms with Crippen molar-refractivity contribution < 1.29 is 0 Å². The second-order valence-electron chi connectivity index (χ2n) is 4.16. The number of hydrogen-bond acceptors (Lipinski definition) is 5. The van der Waals surface area contributed by atoms with Gasteiger partial charge in [0.25, 0.3) is 0 Å². The lowest BCUT2D eigenvalue weighted by Crippen LogP contribution is -2.04. The molecule has 3 aromatic heterocycles. The SMILES string of the molecule is N#Cc1c(Cl)nsc1NCCc1cn2ccccc2n1. The number of fused-ring (bicyclic) bond motifs is 1. The number of anilines is 1. The zero-order valence-electron chi connectivity index (χ0n) is 10.4. The molecule has 0 aromatic carbocycles. The fourth-order valence-electron chi connectivity index (χ4n) is 1.90. The molecule has 5 nitrogen and oxygen atoms in total. The van der Waals surface area contributed by atoms with E-state index < -0.39 is 0 Å². The molecule has 0 atom stereocenters. The van der Waals surface area contributed by atoms with E-state index >= 15 is 0 Å². The van der Waals surface area contributed by atoms with Gasteiger partial charge in [-0.1, -0.05) is 17.7 Å². The number of pyridine rings is 1. The van der Waals surface area contributed by atoms with Crippen LogP contribution in [0.15, 0.2) is 30.6 Å². The minimum atomic E-state index is 0.257. The van der Waals surface area contributed by atoms with Crippen molar-refractivity contribution in [2.45, 2.75) is 6.42 Å². The molecular formula is C13H10ClN5S. The highest BCUT2D eigenvalue weighted by atomic mass is 35.5. The van der Waals surface area contributed by atoms with Gasteiger partial charge in [0, 0.05) is 25.4 Å². The molecule has 0 saturated carbocycles. The zero-order valence-corrected chi connectivity index (χ0v) is 11.9. The van der Waals surface area contributed by atoms with Crippen LogP contribution in [-0.4, -0.2) is 20.3 Å². The lowest BCUT2D eigenvalue weighted by molar-refractivity contribution is 0.982. The maximum Gasteiger partial charge on any atom is 0.162 e. The molecule has 0 aliphatic carbocycles. The van der Waals surface area contributed by atoms with Gasteiger partial charge in [0.1, 0.15) is 22.3 Å². The van der Waals surface area contributed by atoms with Crippen molar-refractivity contribution in [2.24, 2.45) is 0 Å². The Kier molecular flexibility index (Phi) is 3.54. The molecule has 0 unspecified atom stereocenters. The van der Waals surface area contributed by atoms with Gasteiger partial charge < -0.3 is 9.72 Å². The lowest BCUT2D eigenvalue weighted by Gasteiger charge is -2.01. The van der Waals surface area contributed by atoms with Crippen LogP contribution in [0.5, 0.6) is 0 Å². The Labute approximate surface area is 124 Å². The first-order chi connectivity index (χ1) is 9.78. The van der Waals surface area contributed by atoms with Crippen LogP contribution in [0, 0.1) is 11.3 Å². The highest BCUT2D eigenvalue weighted by Crippen LogP contribution is 2.27. The van der Waals surface area contributed by atoms with Crippen LogP contribution in [0.2, 0.25) is 5.15 Å². The van der Waals surface area contributed by atoms with Crippen molar-refractivity contribution in [1.82, 2.24) is 13.8 Å².